The molecule has 2 aromatic rings. The van der Waals surface area contributed by atoms with Crippen molar-refractivity contribution in [1.29, 1.82) is 5.41 Å². The van der Waals surface area contributed by atoms with E-state index >= 15 is 0 Å². The normalized spacial score (nSPS) is 20.4. The molecule has 1 saturated heterocycles. The summed E-state index contributed by atoms with van der Waals surface area (Å²) in [5.41, 5.74) is 12.1. The molecule has 6 N–H and O–H groups in total. The Hall–Kier alpha value is -3.56. The Kier molecular flexibility index (Phi) is 5.68. The van der Waals surface area contributed by atoms with Crippen molar-refractivity contribution in [3.8, 4) is 0 Å². The lowest BCUT2D eigenvalue weighted by molar-refractivity contribution is -0.159. The molecule has 158 valence electrons. The van der Waals surface area contributed by atoms with E-state index in [1.54, 1.807) is 30.3 Å². The number of benzene rings is 1. The molecule has 0 radical (unpaired) electrons. The number of likely N-dealkylation sites (tertiary alicyclic amines) is 1. The summed E-state index contributed by atoms with van der Waals surface area (Å²) in [6.45, 7) is 1.07. The maximum absolute atomic E-state index is 14.4. The van der Waals surface area contributed by atoms with Crippen molar-refractivity contribution >= 4 is 35.2 Å². The van der Waals surface area contributed by atoms with Crippen LogP contribution in [0.3, 0.4) is 0 Å². The largest absolute Gasteiger partial charge is 0.396 e. The number of hydrogen-bond acceptors (Lipinski definition) is 6. The number of piperidine rings is 1. The first-order chi connectivity index (χ1) is 14.2. The fourth-order valence-corrected chi connectivity index (χ4v) is 3.44. The van der Waals surface area contributed by atoms with Crippen LogP contribution in [0.5, 0.6) is 0 Å². The van der Waals surface area contributed by atoms with Crippen molar-refractivity contribution in [1.82, 2.24) is 9.88 Å². The van der Waals surface area contributed by atoms with Gasteiger partial charge in [-0.25, -0.2) is 13.8 Å². The van der Waals surface area contributed by atoms with E-state index in [1.807, 2.05) is 0 Å². The fraction of sp³-hybridized carbons (Fsp3) is 0.300. The fourth-order valence-electron chi connectivity index (χ4n) is 3.44. The molecule has 0 spiro atoms. The second-order valence-corrected chi connectivity index (χ2v) is 7.23. The van der Waals surface area contributed by atoms with Gasteiger partial charge in [0.1, 0.15) is 5.82 Å². The average Bonchev–Trinajstić information content (AvgIpc) is 2.72. The minimum absolute atomic E-state index is 0.00283. The van der Waals surface area contributed by atoms with Crippen molar-refractivity contribution in [3.63, 3.8) is 0 Å². The predicted octanol–water partition coefficient (Wildman–Crippen LogP) is 2.43. The van der Waals surface area contributed by atoms with Crippen molar-refractivity contribution in [2.75, 3.05) is 23.3 Å². The third kappa shape index (κ3) is 3.93. The van der Waals surface area contributed by atoms with E-state index in [0.717, 1.165) is 11.1 Å². The van der Waals surface area contributed by atoms with E-state index in [2.05, 4.69) is 10.3 Å². The number of pyridine rings is 1. The number of aromatic nitrogens is 1. The lowest BCUT2D eigenvalue weighted by atomic mass is 9.86. The first-order valence-electron chi connectivity index (χ1n) is 9.24. The molecule has 1 aliphatic heterocycles. The lowest BCUT2D eigenvalue weighted by Crippen LogP contribution is -2.52. The molecule has 1 aliphatic rings. The highest BCUT2D eigenvalue weighted by Gasteiger charge is 2.48. The van der Waals surface area contributed by atoms with E-state index in [0.29, 0.717) is 5.56 Å². The maximum atomic E-state index is 14.4. The standard InChI is InChI=1S/C20H22F2N6O2/c1-11-10-28(15(7-20(11,21)22)12-5-3-2-4-6-12)19(30)18(29)27-14-9-26-17(25)13(8-23)16(14)24/h2-6,8-9,11,15,23H,7,10H2,1H3,(H,27,29)(H4,24,25,26)/t11-,15-/m1/s1. The van der Waals surface area contributed by atoms with Crippen LogP contribution in [0, 0.1) is 11.3 Å². The number of carbonyl (C=O) groups is 2. The van der Waals surface area contributed by atoms with E-state index in [1.165, 1.54) is 13.1 Å². The molecular weight excluding hydrogens is 394 g/mol. The molecule has 8 nitrogen and oxygen atoms in total. The van der Waals surface area contributed by atoms with E-state index in [-0.39, 0.29) is 29.3 Å². The smallest absolute Gasteiger partial charge is 0.314 e. The zero-order valence-corrected chi connectivity index (χ0v) is 16.2. The summed E-state index contributed by atoms with van der Waals surface area (Å²) in [4.78, 5) is 30.5. The third-order valence-corrected chi connectivity index (χ3v) is 5.25. The highest BCUT2D eigenvalue weighted by molar-refractivity contribution is 6.40. The summed E-state index contributed by atoms with van der Waals surface area (Å²) in [7, 11) is 0. The summed E-state index contributed by atoms with van der Waals surface area (Å²) < 4.78 is 28.8. The number of anilines is 3. The molecule has 0 saturated carbocycles. The molecular formula is C20H22F2N6O2. The molecule has 1 fully saturated rings. The van der Waals surface area contributed by atoms with Crippen LogP contribution in [-0.2, 0) is 9.59 Å². The van der Waals surface area contributed by atoms with Crippen LogP contribution >= 0.6 is 0 Å². The number of alkyl halides is 2. The number of rotatable bonds is 3. The molecule has 30 heavy (non-hydrogen) atoms. The van der Waals surface area contributed by atoms with Crippen LogP contribution in [0.2, 0.25) is 0 Å². The Bertz CT molecular complexity index is 983. The number of hydrogen-bond donors (Lipinski definition) is 4. The van der Waals surface area contributed by atoms with Gasteiger partial charge in [0.15, 0.2) is 0 Å². The molecule has 2 atom stereocenters. The summed E-state index contributed by atoms with van der Waals surface area (Å²) in [5, 5.41) is 9.70. The number of nitrogens with zero attached hydrogens (tertiary/aromatic N) is 2. The SMILES string of the molecule is C[C@@H]1CN(C(=O)C(=O)Nc2cnc(N)c(C=N)c2N)[C@@H](c2ccccc2)CC1(F)F. The minimum atomic E-state index is -2.97. The van der Waals surface area contributed by atoms with Gasteiger partial charge in [0.2, 0.25) is 0 Å². The summed E-state index contributed by atoms with van der Waals surface area (Å²) >= 11 is 0. The van der Waals surface area contributed by atoms with Gasteiger partial charge in [-0.1, -0.05) is 37.3 Å². The summed E-state index contributed by atoms with van der Waals surface area (Å²) in [6, 6.07) is 7.46. The number of halogens is 2. The predicted molar refractivity (Wildman–Crippen MR) is 109 cm³/mol. The van der Waals surface area contributed by atoms with Crippen LogP contribution in [0.15, 0.2) is 36.5 Å². The van der Waals surface area contributed by atoms with Gasteiger partial charge in [0.25, 0.3) is 5.92 Å². The molecule has 0 bridgehead atoms. The first-order valence-corrected chi connectivity index (χ1v) is 9.24. The van der Waals surface area contributed by atoms with E-state index < -0.39 is 36.1 Å². The Morgan fingerprint density at radius 3 is 2.60 bits per heavy atom. The van der Waals surface area contributed by atoms with Gasteiger partial charge in [-0.15, -0.1) is 0 Å². The lowest BCUT2D eigenvalue weighted by Gasteiger charge is -2.42. The molecule has 1 aromatic heterocycles. The van der Waals surface area contributed by atoms with Gasteiger partial charge in [-0.3, -0.25) is 9.59 Å². The number of carbonyl (C=O) groups excluding carboxylic acids is 2. The van der Waals surface area contributed by atoms with Crippen LogP contribution < -0.4 is 16.8 Å². The molecule has 3 rings (SSSR count). The summed E-state index contributed by atoms with van der Waals surface area (Å²) in [6.07, 6.45) is 1.47. The van der Waals surface area contributed by atoms with Gasteiger partial charge < -0.3 is 27.1 Å². The molecule has 1 aromatic carbocycles. The van der Waals surface area contributed by atoms with Crippen molar-refractivity contribution in [2.24, 2.45) is 5.92 Å². The molecule has 10 heteroatoms. The van der Waals surface area contributed by atoms with Crippen molar-refractivity contribution in [2.45, 2.75) is 25.3 Å². The topological polar surface area (TPSA) is 138 Å². The number of nitrogens with one attached hydrogen (secondary N) is 2. The van der Waals surface area contributed by atoms with Gasteiger partial charge in [-0.05, 0) is 5.56 Å². The van der Waals surface area contributed by atoms with Crippen LogP contribution in [-0.4, -0.2) is 40.4 Å². The second-order valence-electron chi connectivity index (χ2n) is 7.23. The molecule has 0 unspecified atom stereocenters. The number of nitrogens with two attached hydrogens (primary N) is 2. The Morgan fingerprint density at radius 1 is 1.30 bits per heavy atom. The van der Waals surface area contributed by atoms with Crippen molar-refractivity contribution < 1.29 is 18.4 Å². The molecule has 0 aliphatic carbocycles. The second kappa shape index (κ2) is 8.05. The van der Waals surface area contributed by atoms with Gasteiger partial charge >= 0.3 is 11.8 Å². The van der Waals surface area contributed by atoms with Crippen molar-refractivity contribution in [3.05, 3.63) is 47.7 Å². The Labute approximate surface area is 171 Å². The minimum Gasteiger partial charge on any atom is -0.396 e. The van der Waals surface area contributed by atoms with Crippen LogP contribution in [0.1, 0.15) is 30.5 Å². The highest BCUT2D eigenvalue weighted by Crippen LogP contribution is 2.43. The average molecular weight is 416 g/mol. The Balaban J connectivity index is 1.88. The van der Waals surface area contributed by atoms with Gasteiger partial charge in [-0.2, -0.15) is 0 Å². The van der Waals surface area contributed by atoms with E-state index in [9.17, 15) is 18.4 Å². The van der Waals surface area contributed by atoms with Gasteiger partial charge in [0, 0.05) is 25.1 Å². The van der Waals surface area contributed by atoms with Crippen LogP contribution in [0.25, 0.3) is 0 Å². The first kappa shape index (κ1) is 21.2. The number of nitrogen functional groups attached to an aromatic ring is 2. The maximum Gasteiger partial charge on any atom is 0.314 e. The van der Waals surface area contributed by atoms with Gasteiger partial charge in [0.05, 0.1) is 29.2 Å². The van der Waals surface area contributed by atoms with E-state index in [4.69, 9.17) is 16.9 Å². The Morgan fingerprint density at radius 2 is 1.97 bits per heavy atom. The number of amides is 2. The third-order valence-electron chi connectivity index (χ3n) is 5.25. The summed E-state index contributed by atoms with van der Waals surface area (Å²) in [5.74, 6) is -6.08. The molecule has 2 amide bonds. The highest BCUT2D eigenvalue weighted by atomic mass is 19.3. The zero-order valence-electron chi connectivity index (χ0n) is 16.2. The van der Waals surface area contributed by atoms with Crippen LogP contribution in [0.4, 0.5) is 26.0 Å². The monoisotopic (exact) mass is 416 g/mol. The molecule has 2 heterocycles. The zero-order chi connectivity index (χ0) is 22.1. The quantitative estimate of drug-likeness (QED) is 0.450.